The highest BCUT2D eigenvalue weighted by Crippen LogP contribution is 2.37. The van der Waals surface area contributed by atoms with Crippen LogP contribution in [0.2, 0.25) is 18.1 Å². The topological polar surface area (TPSA) is 81.7 Å². The van der Waals surface area contributed by atoms with E-state index in [2.05, 4.69) is 81.7 Å². The Kier molecular flexibility index (Phi) is 20.4. The van der Waals surface area contributed by atoms with Gasteiger partial charge in [0.25, 0.3) is 0 Å². The van der Waals surface area contributed by atoms with Crippen LogP contribution in [0.5, 0.6) is 0 Å². The Labute approximate surface area is 315 Å². The van der Waals surface area contributed by atoms with Gasteiger partial charge >= 0.3 is 5.97 Å². The lowest BCUT2D eigenvalue weighted by Crippen LogP contribution is -2.48. The second-order valence-corrected chi connectivity index (χ2v) is 19.7. The van der Waals surface area contributed by atoms with Crippen molar-refractivity contribution < 1.29 is 37.6 Å². The molecule has 0 amide bonds. The van der Waals surface area contributed by atoms with Crippen LogP contribution < -0.4 is 0 Å². The molecule has 5 atom stereocenters. The van der Waals surface area contributed by atoms with Crippen molar-refractivity contribution >= 4 is 14.3 Å². The molecule has 1 heterocycles. The van der Waals surface area contributed by atoms with Gasteiger partial charge in [0.2, 0.25) is 0 Å². The van der Waals surface area contributed by atoms with E-state index in [0.29, 0.717) is 19.4 Å². The predicted molar refractivity (Wildman–Crippen MR) is 212 cm³/mol. The van der Waals surface area contributed by atoms with Gasteiger partial charge in [0.05, 0.1) is 25.9 Å². The zero-order valence-electron chi connectivity index (χ0n) is 33.3. The van der Waals surface area contributed by atoms with Crippen LogP contribution in [0.3, 0.4) is 0 Å². The quantitative estimate of drug-likeness (QED) is 0.0249. The van der Waals surface area contributed by atoms with Crippen molar-refractivity contribution in [1.82, 2.24) is 0 Å². The molecule has 9 heteroatoms. The standard InChI is InChI=1S/C43H64O8Si/c1-35(51-52(9,10)42(2,3)4)24-16-12-11-13-19-29-38-32-40(50-43(5,6)49-38)39(47-33-36-25-17-14-18-26-36)30-23-22-28-37(48-34-45-7)27-20-15-21-31-41(44)46-8/h11,13-15,17-22,25-26,28-29,31,35,37-40H,12,16,24,27,32-34H2,1-10H3/b13-11+,20-15+,28-22+,29-19+,31-21-/t35-,37+,38+,39+,40-/m1/s1. The van der Waals surface area contributed by atoms with Crippen molar-refractivity contribution in [1.29, 1.82) is 0 Å². The van der Waals surface area contributed by atoms with E-state index in [1.807, 2.05) is 56.3 Å². The van der Waals surface area contributed by atoms with E-state index in [-0.39, 0.29) is 36.2 Å². The molecule has 0 aromatic heterocycles. The Morgan fingerprint density at radius 2 is 1.77 bits per heavy atom. The molecule has 0 unspecified atom stereocenters. The van der Waals surface area contributed by atoms with Crippen molar-refractivity contribution in [2.45, 2.75) is 135 Å². The summed E-state index contributed by atoms with van der Waals surface area (Å²) in [6, 6.07) is 10.0. The summed E-state index contributed by atoms with van der Waals surface area (Å²) in [7, 11) is 1.17. The second-order valence-electron chi connectivity index (χ2n) is 14.9. The number of ether oxygens (including phenoxy) is 6. The maximum Gasteiger partial charge on any atom is 0.330 e. The first-order valence-corrected chi connectivity index (χ1v) is 21.3. The van der Waals surface area contributed by atoms with Gasteiger partial charge in [-0.15, -0.1) is 0 Å². The molecule has 0 bridgehead atoms. The number of carbonyl (C=O) groups excluding carboxylic acids is 1. The lowest BCUT2D eigenvalue weighted by Gasteiger charge is -2.41. The summed E-state index contributed by atoms with van der Waals surface area (Å²) in [6.45, 7) is 18.1. The Bertz CT molecular complexity index is 1380. The highest BCUT2D eigenvalue weighted by Gasteiger charge is 2.39. The third kappa shape index (κ3) is 18.6. The summed E-state index contributed by atoms with van der Waals surface area (Å²) < 4.78 is 41.1. The summed E-state index contributed by atoms with van der Waals surface area (Å²) in [4.78, 5) is 11.3. The lowest BCUT2D eigenvalue weighted by atomic mass is 10.0. The zero-order chi connectivity index (χ0) is 38.5. The van der Waals surface area contributed by atoms with E-state index in [4.69, 9.17) is 28.1 Å². The largest absolute Gasteiger partial charge is 0.466 e. The lowest BCUT2D eigenvalue weighted by molar-refractivity contribution is -0.302. The third-order valence-electron chi connectivity index (χ3n) is 8.87. The van der Waals surface area contributed by atoms with Crippen molar-refractivity contribution in [3.8, 4) is 11.8 Å². The third-order valence-corrected chi connectivity index (χ3v) is 13.5. The average Bonchev–Trinajstić information content (AvgIpc) is 3.08. The number of allylic oxidation sites excluding steroid dienone is 6. The number of methoxy groups -OCH3 is 2. The predicted octanol–water partition coefficient (Wildman–Crippen LogP) is 9.40. The number of benzene rings is 1. The number of rotatable bonds is 20. The minimum Gasteiger partial charge on any atom is -0.466 e. The Hall–Kier alpha value is -3.07. The molecule has 1 aliphatic heterocycles. The average molecular weight is 737 g/mol. The molecule has 288 valence electrons. The van der Waals surface area contributed by atoms with E-state index in [1.54, 1.807) is 25.3 Å². The van der Waals surface area contributed by atoms with Gasteiger partial charge in [-0.05, 0) is 82.3 Å². The van der Waals surface area contributed by atoms with E-state index in [9.17, 15) is 4.79 Å². The summed E-state index contributed by atoms with van der Waals surface area (Å²) in [5, 5.41) is 0.221. The van der Waals surface area contributed by atoms with Crippen LogP contribution in [0.4, 0.5) is 0 Å². The van der Waals surface area contributed by atoms with Crippen LogP contribution in [-0.2, 0) is 44.2 Å². The molecular formula is C43H64O8Si. The highest BCUT2D eigenvalue weighted by atomic mass is 28.4. The van der Waals surface area contributed by atoms with Crippen molar-refractivity contribution in [3.63, 3.8) is 0 Å². The maximum absolute atomic E-state index is 11.3. The zero-order valence-corrected chi connectivity index (χ0v) is 34.3. The summed E-state index contributed by atoms with van der Waals surface area (Å²) in [5.41, 5.74) is 1.06. The van der Waals surface area contributed by atoms with Gasteiger partial charge in [0, 0.05) is 25.7 Å². The highest BCUT2D eigenvalue weighted by molar-refractivity contribution is 6.74. The van der Waals surface area contributed by atoms with Crippen LogP contribution in [0.15, 0.2) is 91.1 Å². The van der Waals surface area contributed by atoms with Gasteiger partial charge in [-0.2, -0.15) is 0 Å². The van der Waals surface area contributed by atoms with Crippen molar-refractivity contribution in [2.24, 2.45) is 0 Å². The number of carbonyl (C=O) groups is 1. The first kappa shape index (κ1) is 45.1. The Morgan fingerprint density at radius 3 is 2.46 bits per heavy atom. The summed E-state index contributed by atoms with van der Waals surface area (Å²) >= 11 is 0. The number of unbranched alkanes of at least 4 members (excludes halogenated alkanes) is 1. The summed E-state index contributed by atoms with van der Waals surface area (Å²) in [6.07, 6.45) is 22.0. The van der Waals surface area contributed by atoms with Gasteiger partial charge in [0.15, 0.2) is 14.1 Å². The van der Waals surface area contributed by atoms with Crippen LogP contribution in [-0.4, -0.2) is 71.6 Å². The maximum atomic E-state index is 11.3. The molecule has 1 aromatic carbocycles. The molecule has 1 saturated heterocycles. The smallest absolute Gasteiger partial charge is 0.330 e. The first-order chi connectivity index (χ1) is 24.7. The normalized spacial score (nSPS) is 20.1. The molecule has 8 nitrogen and oxygen atoms in total. The molecule has 0 saturated carbocycles. The fourth-order valence-corrected chi connectivity index (χ4v) is 6.63. The minimum absolute atomic E-state index is 0.137. The Balaban J connectivity index is 2.08. The van der Waals surface area contributed by atoms with E-state index in [0.717, 1.165) is 24.8 Å². The van der Waals surface area contributed by atoms with Gasteiger partial charge in [-0.3, -0.25) is 0 Å². The van der Waals surface area contributed by atoms with E-state index >= 15 is 0 Å². The van der Waals surface area contributed by atoms with Gasteiger partial charge < -0.3 is 32.8 Å². The SMILES string of the molecule is COCO[C@H](/C=C/C#C[C@H](OCc1ccccc1)[C@H]1C[C@H](/C=C/C=C/CCC[C@@H](C)O[Si](C)(C)C(C)(C)C)OC(C)(C)O1)C/C=C/C=C\C(=O)OC. The van der Waals surface area contributed by atoms with E-state index < -0.39 is 26.2 Å². The fourth-order valence-electron chi connectivity index (χ4n) is 5.15. The molecule has 0 aliphatic carbocycles. The van der Waals surface area contributed by atoms with Gasteiger partial charge in [-0.1, -0.05) is 105 Å². The molecule has 1 aliphatic rings. The van der Waals surface area contributed by atoms with Crippen molar-refractivity contribution in [2.75, 3.05) is 21.0 Å². The minimum atomic E-state index is -1.75. The first-order valence-electron chi connectivity index (χ1n) is 18.4. The molecule has 0 spiro atoms. The molecule has 52 heavy (non-hydrogen) atoms. The van der Waals surface area contributed by atoms with Gasteiger partial charge in [-0.25, -0.2) is 4.79 Å². The Morgan fingerprint density at radius 1 is 1.04 bits per heavy atom. The summed E-state index contributed by atoms with van der Waals surface area (Å²) in [5.74, 6) is 5.22. The van der Waals surface area contributed by atoms with Crippen LogP contribution in [0.25, 0.3) is 0 Å². The number of hydrogen-bond acceptors (Lipinski definition) is 8. The molecule has 1 aromatic rings. The molecular weight excluding hydrogens is 673 g/mol. The molecule has 1 fully saturated rings. The van der Waals surface area contributed by atoms with Crippen molar-refractivity contribution in [3.05, 3.63) is 96.7 Å². The van der Waals surface area contributed by atoms with E-state index in [1.165, 1.54) is 13.2 Å². The molecule has 2 rings (SSSR count). The van der Waals surface area contributed by atoms with Gasteiger partial charge in [0.1, 0.15) is 19.0 Å². The monoisotopic (exact) mass is 736 g/mol. The van der Waals surface area contributed by atoms with Crippen LogP contribution >= 0.6 is 0 Å². The fraction of sp³-hybridized carbons (Fsp3) is 0.558. The second kappa shape index (κ2) is 23.6. The molecule has 0 radical (unpaired) electrons. The van der Waals surface area contributed by atoms with Crippen LogP contribution in [0.1, 0.15) is 79.2 Å². The molecule has 0 N–H and O–H groups in total. The van der Waals surface area contributed by atoms with Crippen LogP contribution in [0, 0.1) is 11.8 Å². The number of hydrogen-bond donors (Lipinski definition) is 0. The number of esters is 1.